The molecule has 0 radical (unpaired) electrons. The molecule has 0 fully saturated rings. The van der Waals surface area contributed by atoms with Crippen LogP contribution in [0, 0.1) is 5.82 Å². The molecular formula is C25H36FN3OS. The summed E-state index contributed by atoms with van der Waals surface area (Å²) in [6, 6.07) is 6.89. The molecule has 0 atom stereocenters. The van der Waals surface area contributed by atoms with Crippen molar-refractivity contribution < 1.29 is 9.13 Å². The Morgan fingerprint density at radius 2 is 1.81 bits per heavy atom. The lowest BCUT2D eigenvalue weighted by molar-refractivity contribution is 0.432. The van der Waals surface area contributed by atoms with E-state index in [1.165, 1.54) is 51.0 Å². The van der Waals surface area contributed by atoms with Crippen LogP contribution in [-0.4, -0.2) is 22.8 Å². The molecule has 0 aliphatic carbocycles. The fourth-order valence-electron chi connectivity index (χ4n) is 3.65. The van der Waals surface area contributed by atoms with Crippen molar-refractivity contribution in [2.24, 2.45) is 0 Å². The van der Waals surface area contributed by atoms with E-state index >= 15 is 0 Å². The molecule has 6 heteroatoms. The van der Waals surface area contributed by atoms with Crippen molar-refractivity contribution in [3.8, 4) is 11.5 Å². The van der Waals surface area contributed by atoms with Crippen LogP contribution in [0.1, 0.15) is 72.1 Å². The molecule has 0 amide bonds. The van der Waals surface area contributed by atoms with Crippen molar-refractivity contribution >= 4 is 23.3 Å². The monoisotopic (exact) mass is 445 g/mol. The van der Waals surface area contributed by atoms with Crippen LogP contribution >= 0.6 is 11.8 Å². The maximum absolute atomic E-state index is 14.7. The van der Waals surface area contributed by atoms with Gasteiger partial charge in [0.05, 0.1) is 4.90 Å². The second kappa shape index (κ2) is 11.6. The largest absolute Gasteiger partial charge is 0.453 e. The van der Waals surface area contributed by atoms with Crippen LogP contribution in [0.5, 0.6) is 11.5 Å². The molecule has 31 heavy (non-hydrogen) atoms. The van der Waals surface area contributed by atoms with Crippen LogP contribution in [0.4, 0.5) is 15.9 Å². The lowest BCUT2D eigenvalue weighted by atomic mass is 10.1. The first-order valence-electron chi connectivity index (χ1n) is 11.6. The molecule has 4 nitrogen and oxygen atoms in total. The first-order chi connectivity index (χ1) is 15.0. The number of pyridine rings is 1. The third kappa shape index (κ3) is 7.30. The number of nitrogens with zero attached hydrogens (tertiary/aromatic N) is 1. The average molecular weight is 446 g/mol. The van der Waals surface area contributed by atoms with Gasteiger partial charge in [0.25, 0.3) is 0 Å². The third-order valence-electron chi connectivity index (χ3n) is 5.41. The van der Waals surface area contributed by atoms with E-state index in [-0.39, 0.29) is 17.1 Å². The van der Waals surface area contributed by atoms with E-state index in [1.54, 1.807) is 30.1 Å². The molecule has 1 aliphatic rings. The summed E-state index contributed by atoms with van der Waals surface area (Å²) < 4.78 is 20.6. The summed E-state index contributed by atoms with van der Waals surface area (Å²) in [5.74, 6) is 2.20. The van der Waals surface area contributed by atoms with Crippen LogP contribution in [0.15, 0.2) is 35.4 Å². The highest BCUT2D eigenvalue weighted by Crippen LogP contribution is 2.43. The Morgan fingerprint density at radius 3 is 2.55 bits per heavy atom. The predicted molar refractivity (Wildman–Crippen MR) is 130 cm³/mol. The van der Waals surface area contributed by atoms with Gasteiger partial charge in [-0.3, -0.25) is 0 Å². The average Bonchev–Trinajstić information content (AvgIpc) is 2.73. The van der Waals surface area contributed by atoms with E-state index < -0.39 is 0 Å². The molecule has 3 rings (SSSR count). The molecule has 0 saturated heterocycles. The lowest BCUT2D eigenvalue weighted by Gasteiger charge is -2.32. The molecule has 2 N–H and O–H groups in total. The maximum Gasteiger partial charge on any atom is 0.167 e. The van der Waals surface area contributed by atoms with Gasteiger partial charge in [0, 0.05) is 41.9 Å². The maximum atomic E-state index is 14.7. The summed E-state index contributed by atoms with van der Waals surface area (Å²) >= 11 is 1.69. The van der Waals surface area contributed by atoms with E-state index in [0.717, 1.165) is 35.1 Å². The predicted octanol–water partition coefficient (Wildman–Crippen LogP) is 7.86. The number of hydrogen-bond acceptors (Lipinski definition) is 5. The molecule has 170 valence electrons. The van der Waals surface area contributed by atoms with Gasteiger partial charge in [-0.25, -0.2) is 9.37 Å². The van der Waals surface area contributed by atoms with Crippen LogP contribution in [0.25, 0.3) is 0 Å². The highest BCUT2D eigenvalue weighted by molar-refractivity contribution is 7.99. The number of rotatable bonds is 12. The molecule has 0 saturated carbocycles. The first kappa shape index (κ1) is 23.7. The second-order valence-corrected chi connectivity index (χ2v) is 9.92. The zero-order chi connectivity index (χ0) is 22.1. The molecule has 0 unspecified atom stereocenters. The molecule has 1 aromatic carbocycles. The SMILES string of the molecule is CCCCCCCCCCNc1ccc(Oc2ccnc3c2SCC(C)(C)N3)c(F)c1. The van der Waals surface area contributed by atoms with Crippen LogP contribution in [0.3, 0.4) is 0 Å². The van der Waals surface area contributed by atoms with Crippen molar-refractivity contribution in [3.63, 3.8) is 0 Å². The minimum atomic E-state index is -0.361. The number of nitrogens with one attached hydrogen (secondary N) is 2. The number of hydrogen-bond donors (Lipinski definition) is 2. The van der Waals surface area contributed by atoms with Gasteiger partial charge in [-0.05, 0) is 32.4 Å². The fraction of sp³-hybridized carbons (Fsp3) is 0.560. The van der Waals surface area contributed by atoms with Gasteiger partial charge in [-0.2, -0.15) is 0 Å². The number of ether oxygens (including phenoxy) is 1. The number of halogens is 1. The van der Waals surface area contributed by atoms with Gasteiger partial charge in [-0.1, -0.05) is 51.9 Å². The Morgan fingerprint density at radius 1 is 1.06 bits per heavy atom. The third-order valence-corrected chi connectivity index (χ3v) is 6.96. The first-order valence-corrected chi connectivity index (χ1v) is 12.6. The Hall–Kier alpha value is -1.95. The van der Waals surface area contributed by atoms with E-state index in [1.807, 2.05) is 6.07 Å². The Kier molecular flexibility index (Phi) is 8.88. The molecule has 1 aliphatic heterocycles. The number of fused-ring (bicyclic) bond motifs is 1. The van der Waals surface area contributed by atoms with Crippen LogP contribution in [-0.2, 0) is 0 Å². The van der Waals surface area contributed by atoms with Crippen molar-refractivity contribution in [1.29, 1.82) is 0 Å². The second-order valence-electron chi connectivity index (χ2n) is 8.93. The minimum Gasteiger partial charge on any atom is -0.453 e. The molecule has 1 aromatic heterocycles. The highest BCUT2D eigenvalue weighted by Gasteiger charge is 2.28. The molecular weight excluding hydrogens is 409 g/mol. The highest BCUT2D eigenvalue weighted by atomic mass is 32.2. The van der Waals surface area contributed by atoms with Crippen LogP contribution in [0.2, 0.25) is 0 Å². The molecule has 0 bridgehead atoms. The van der Waals surface area contributed by atoms with Crippen molar-refractivity contribution in [3.05, 3.63) is 36.3 Å². The minimum absolute atomic E-state index is 0.0308. The Labute approximate surface area is 190 Å². The van der Waals surface area contributed by atoms with Gasteiger partial charge in [-0.15, -0.1) is 11.8 Å². The van der Waals surface area contributed by atoms with E-state index in [0.29, 0.717) is 5.75 Å². The smallest absolute Gasteiger partial charge is 0.167 e. The zero-order valence-electron chi connectivity index (χ0n) is 19.1. The molecule has 2 heterocycles. The van der Waals surface area contributed by atoms with Crippen molar-refractivity contribution in [2.45, 2.75) is 82.6 Å². The van der Waals surface area contributed by atoms with E-state index in [2.05, 4.69) is 36.4 Å². The van der Waals surface area contributed by atoms with Crippen molar-refractivity contribution in [1.82, 2.24) is 4.98 Å². The standard InChI is InChI=1S/C25H36FN3OS/c1-4-5-6-7-8-9-10-11-15-27-19-12-13-21(20(26)17-19)30-22-14-16-28-24-23(22)31-18-25(2,3)29-24/h12-14,16-17,27H,4-11,15,18H2,1-3H3,(H,28,29). The summed E-state index contributed by atoms with van der Waals surface area (Å²) in [4.78, 5) is 5.34. The van der Waals surface area contributed by atoms with E-state index in [4.69, 9.17) is 4.74 Å². The summed E-state index contributed by atoms with van der Waals surface area (Å²) in [6.45, 7) is 7.38. The Balaban J connectivity index is 1.47. The number of unbranched alkanes of at least 4 members (excludes halogenated alkanes) is 7. The number of benzene rings is 1. The van der Waals surface area contributed by atoms with Gasteiger partial charge >= 0.3 is 0 Å². The molecule has 0 spiro atoms. The molecule has 2 aromatic rings. The normalized spacial score (nSPS) is 14.6. The van der Waals surface area contributed by atoms with Crippen LogP contribution < -0.4 is 15.4 Å². The quantitative estimate of drug-likeness (QED) is 0.326. The fourth-order valence-corrected chi connectivity index (χ4v) is 4.72. The van der Waals surface area contributed by atoms with Gasteiger partial charge in [0.15, 0.2) is 11.6 Å². The summed E-state index contributed by atoms with van der Waals surface area (Å²) in [5, 5.41) is 6.75. The van der Waals surface area contributed by atoms with E-state index in [9.17, 15) is 4.39 Å². The topological polar surface area (TPSA) is 46.2 Å². The van der Waals surface area contributed by atoms with Crippen molar-refractivity contribution in [2.75, 3.05) is 22.9 Å². The van der Waals surface area contributed by atoms with Gasteiger partial charge in [0.1, 0.15) is 11.6 Å². The number of thioether (sulfide) groups is 1. The Bertz CT molecular complexity index is 844. The lowest BCUT2D eigenvalue weighted by Crippen LogP contribution is -2.36. The summed E-state index contributed by atoms with van der Waals surface area (Å²) in [5.41, 5.74) is 0.763. The van der Waals surface area contributed by atoms with Gasteiger partial charge < -0.3 is 15.4 Å². The number of anilines is 2. The summed E-state index contributed by atoms with van der Waals surface area (Å²) in [7, 11) is 0. The van der Waals surface area contributed by atoms with Gasteiger partial charge in [0.2, 0.25) is 0 Å². The zero-order valence-corrected chi connectivity index (χ0v) is 19.9. The number of aromatic nitrogens is 1. The summed E-state index contributed by atoms with van der Waals surface area (Å²) in [6.07, 6.45) is 12.0.